The van der Waals surface area contributed by atoms with Crippen LogP contribution in [0.1, 0.15) is 42.3 Å². The molecule has 3 nitrogen and oxygen atoms in total. The lowest BCUT2D eigenvalue weighted by molar-refractivity contribution is -0.127. The molecule has 1 atom stereocenters. The Kier molecular flexibility index (Phi) is 4.76. The molecular formula is C22H22ClNO2. The second kappa shape index (κ2) is 6.73. The van der Waals surface area contributed by atoms with E-state index in [2.05, 4.69) is 5.32 Å². The van der Waals surface area contributed by atoms with Gasteiger partial charge in [0, 0.05) is 16.1 Å². The third-order valence-electron chi connectivity index (χ3n) is 4.46. The lowest BCUT2D eigenvalue weighted by Crippen LogP contribution is -2.51. The van der Waals surface area contributed by atoms with E-state index in [0.29, 0.717) is 17.0 Å². The van der Waals surface area contributed by atoms with Crippen molar-refractivity contribution in [3.8, 4) is 0 Å². The molecule has 0 heterocycles. The van der Waals surface area contributed by atoms with Gasteiger partial charge in [0.15, 0.2) is 5.78 Å². The standard InChI is InChI=1S/C22H22ClNO2/c1-21(2,3)24-20(26)22(13-12-15-8-10-17(23)11-9-15)14-16-6-4-5-7-18(16)19(22)25/h4-13H,14H2,1-3H3,(H,24,26)/b13-12+/t22-/m1/s1. The Morgan fingerprint density at radius 3 is 2.38 bits per heavy atom. The highest BCUT2D eigenvalue weighted by molar-refractivity contribution is 6.30. The van der Waals surface area contributed by atoms with Crippen LogP contribution in [-0.2, 0) is 11.2 Å². The van der Waals surface area contributed by atoms with Gasteiger partial charge in [0.25, 0.3) is 0 Å². The van der Waals surface area contributed by atoms with E-state index in [9.17, 15) is 9.59 Å². The smallest absolute Gasteiger partial charge is 0.238 e. The van der Waals surface area contributed by atoms with Gasteiger partial charge >= 0.3 is 0 Å². The summed E-state index contributed by atoms with van der Waals surface area (Å²) < 4.78 is 0. The molecule has 0 aromatic heterocycles. The minimum Gasteiger partial charge on any atom is -0.350 e. The summed E-state index contributed by atoms with van der Waals surface area (Å²) in [5.41, 5.74) is 0.768. The SMILES string of the molecule is CC(C)(C)NC(=O)[C@]1(/C=C/c2ccc(Cl)cc2)Cc2ccccc2C1=O. The molecule has 4 heteroatoms. The van der Waals surface area contributed by atoms with Crippen molar-refractivity contribution >= 4 is 29.4 Å². The molecule has 26 heavy (non-hydrogen) atoms. The van der Waals surface area contributed by atoms with E-state index in [4.69, 9.17) is 11.6 Å². The zero-order valence-electron chi connectivity index (χ0n) is 15.2. The fourth-order valence-electron chi connectivity index (χ4n) is 3.18. The number of carbonyl (C=O) groups excluding carboxylic acids is 2. The molecule has 0 aliphatic heterocycles. The maximum Gasteiger partial charge on any atom is 0.238 e. The van der Waals surface area contributed by atoms with E-state index in [1.54, 1.807) is 24.3 Å². The fraction of sp³-hybridized carbons (Fsp3) is 0.273. The highest BCUT2D eigenvalue weighted by atomic mass is 35.5. The maximum absolute atomic E-state index is 13.2. The van der Waals surface area contributed by atoms with Gasteiger partial charge in [-0.1, -0.05) is 60.2 Å². The molecular weight excluding hydrogens is 346 g/mol. The van der Waals surface area contributed by atoms with Gasteiger partial charge in [0.1, 0.15) is 5.41 Å². The molecule has 0 bridgehead atoms. The van der Waals surface area contributed by atoms with Crippen molar-refractivity contribution in [2.75, 3.05) is 0 Å². The Bertz CT molecular complexity index is 878. The molecule has 0 saturated heterocycles. The van der Waals surface area contributed by atoms with Crippen LogP contribution in [-0.4, -0.2) is 17.2 Å². The number of hydrogen-bond acceptors (Lipinski definition) is 2. The topological polar surface area (TPSA) is 46.2 Å². The Morgan fingerprint density at radius 2 is 1.77 bits per heavy atom. The predicted molar refractivity (Wildman–Crippen MR) is 105 cm³/mol. The van der Waals surface area contributed by atoms with E-state index < -0.39 is 11.0 Å². The Morgan fingerprint density at radius 1 is 1.12 bits per heavy atom. The monoisotopic (exact) mass is 367 g/mol. The number of hydrogen-bond donors (Lipinski definition) is 1. The van der Waals surface area contributed by atoms with Crippen LogP contribution in [0, 0.1) is 5.41 Å². The van der Waals surface area contributed by atoms with Crippen LogP contribution in [0.4, 0.5) is 0 Å². The second-order valence-electron chi connectivity index (χ2n) is 7.72. The average molecular weight is 368 g/mol. The molecule has 1 aliphatic carbocycles. The van der Waals surface area contributed by atoms with Crippen molar-refractivity contribution in [2.45, 2.75) is 32.7 Å². The Balaban J connectivity index is 2.02. The van der Waals surface area contributed by atoms with Crippen LogP contribution in [0.3, 0.4) is 0 Å². The van der Waals surface area contributed by atoms with Crippen LogP contribution >= 0.6 is 11.6 Å². The number of carbonyl (C=O) groups is 2. The van der Waals surface area contributed by atoms with Crippen LogP contribution in [0.5, 0.6) is 0 Å². The molecule has 134 valence electrons. The van der Waals surface area contributed by atoms with Gasteiger partial charge in [-0.2, -0.15) is 0 Å². The van der Waals surface area contributed by atoms with Crippen LogP contribution in [0.15, 0.2) is 54.6 Å². The predicted octanol–water partition coefficient (Wildman–Crippen LogP) is 4.69. The first-order chi connectivity index (χ1) is 12.2. The van der Waals surface area contributed by atoms with Crippen LogP contribution in [0.25, 0.3) is 6.08 Å². The lowest BCUT2D eigenvalue weighted by atomic mass is 9.81. The zero-order valence-corrected chi connectivity index (χ0v) is 15.9. The highest BCUT2D eigenvalue weighted by Crippen LogP contribution is 2.39. The molecule has 0 saturated carbocycles. The van der Waals surface area contributed by atoms with E-state index in [0.717, 1.165) is 11.1 Å². The summed E-state index contributed by atoms with van der Waals surface area (Å²) in [5.74, 6) is -0.420. The van der Waals surface area contributed by atoms with Crippen molar-refractivity contribution in [2.24, 2.45) is 5.41 Å². The molecule has 0 fully saturated rings. The van der Waals surface area contributed by atoms with Crippen molar-refractivity contribution in [1.29, 1.82) is 0 Å². The number of halogens is 1. The number of fused-ring (bicyclic) bond motifs is 1. The van der Waals surface area contributed by atoms with Crippen LogP contribution < -0.4 is 5.32 Å². The highest BCUT2D eigenvalue weighted by Gasteiger charge is 2.50. The number of Topliss-reactive ketones (excluding diaryl/α,β-unsaturated/α-hetero) is 1. The van der Waals surface area contributed by atoms with Gasteiger partial charge in [-0.3, -0.25) is 9.59 Å². The summed E-state index contributed by atoms with van der Waals surface area (Å²) in [7, 11) is 0. The zero-order chi connectivity index (χ0) is 18.9. The fourth-order valence-corrected chi connectivity index (χ4v) is 3.30. The number of rotatable bonds is 3. The summed E-state index contributed by atoms with van der Waals surface area (Å²) in [6, 6.07) is 14.7. The molecule has 2 aromatic rings. The normalized spacial score (nSPS) is 19.6. The second-order valence-corrected chi connectivity index (χ2v) is 8.16. The quantitative estimate of drug-likeness (QED) is 0.799. The van der Waals surface area contributed by atoms with Gasteiger partial charge in [0.2, 0.25) is 5.91 Å². The Labute approximate surface area is 159 Å². The summed E-state index contributed by atoms with van der Waals surface area (Å²) in [6.45, 7) is 5.73. The van der Waals surface area contributed by atoms with E-state index >= 15 is 0 Å². The molecule has 0 spiro atoms. The van der Waals surface area contributed by atoms with Crippen molar-refractivity contribution in [3.05, 3.63) is 76.3 Å². The molecule has 3 rings (SSSR count). The van der Waals surface area contributed by atoms with Crippen LogP contribution in [0.2, 0.25) is 5.02 Å². The first kappa shape index (κ1) is 18.4. The molecule has 0 unspecified atom stereocenters. The number of benzene rings is 2. The average Bonchev–Trinajstić information content (AvgIpc) is 2.87. The van der Waals surface area contributed by atoms with Crippen molar-refractivity contribution in [1.82, 2.24) is 5.32 Å². The minimum atomic E-state index is -1.23. The molecule has 1 amide bonds. The third kappa shape index (κ3) is 3.58. The first-order valence-electron chi connectivity index (χ1n) is 8.61. The van der Waals surface area contributed by atoms with E-state index in [1.165, 1.54) is 0 Å². The lowest BCUT2D eigenvalue weighted by Gasteiger charge is -2.29. The maximum atomic E-state index is 13.2. The number of amides is 1. The minimum absolute atomic E-state index is 0.153. The summed E-state index contributed by atoms with van der Waals surface area (Å²) >= 11 is 5.93. The largest absolute Gasteiger partial charge is 0.350 e. The summed E-state index contributed by atoms with van der Waals surface area (Å²) in [6.07, 6.45) is 3.93. The summed E-state index contributed by atoms with van der Waals surface area (Å²) in [4.78, 5) is 26.3. The van der Waals surface area contributed by atoms with Crippen molar-refractivity contribution in [3.63, 3.8) is 0 Å². The number of ketones is 1. The van der Waals surface area contributed by atoms with Gasteiger partial charge in [0.05, 0.1) is 0 Å². The first-order valence-corrected chi connectivity index (χ1v) is 8.99. The Hall–Kier alpha value is -2.39. The van der Waals surface area contributed by atoms with E-state index in [-0.39, 0.29) is 11.7 Å². The van der Waals surface area contributed by atoms with Crippen molar-refractivity contribution < 1.29 is 9.59 Å². The third-order valence-corrected chi connectivity index (χ3v) is 4.71. The molecule has 2 aromatic carbocycles. The van der Waals surface area contributed by atoms with Gasteiger partial charge in [-0.25, -0.2) is 0 Å². The molecule has 1 N–H and O–H groups in total. The molecule has 1 aliphatic rings. The van der Waals surface area contributed by atoms with Gasteiger partial charge < -0.3 is 5.32 Å². The van der Waals surface area contributed by atoms with Gasteiger partial charge in [-0.05, 0) is 50.5 Å². The summed E-state index contributed by atoms with van der Waals surface area (Å²) in [5, 5.41) is 3.63. The number of nitrogens with one attached hydrogen (secondary N) is 1. The van der Waals surface area contributed by atoms with Gasteiger partial charge in [-0.15, -0.1) is 0 Å². The van der Waals surface area contributed by atoms with E-state index in [1.807, 2.05) is 57.2 Å². The molecule has 0 radical (unpaired) electrons.